The summed E-state index contributed by atoms with van der Waals surface area (Å²) >= 11 is 8.29. The summed E-state index contributed by atoms with van der Waals surface area (Å²) in [5.41, 5.74) is 5.44. The van der Waals surface area contributed by atoms with Crippen LogP contribution in [0.5, 0.6) is 0 Å². The molecule has 1 saturated heterocycles. The highest BCUT2D eigenvalue weighted by Crippen LogP contribution is 2.49. The highest BCUT2D eigenvalue weighted by Gasteiger charge is 2.38. The highest BCUT2D eigenvalue weighted by molar-refractivity contribution is 8.00. The maximum atomic E-state index is 13.9. The van der Waals surface area contributed by atoms with Crippen molar-refractivity contribution in [3.8, 4) is 16.9 Å². The van der Waals surface area contributed by atoms with Crippen molar-refractivity contribution in [2.75, 3.05) is 43.5 Å². The minimum atomic E-state index is -0.186. The zero-order valence-corrected chi connectivity index (χ0v) is 23.7. The lowest BCUT2D eigenvalue weighted by Gasteiger charge is -2.30. The molecule has 2 aliphatic heterocycles. The van der Waals surface area contributed by atoms with Crippen LogP contribution in [0.25, 0.3) is 16.9 Å². The molecule has 0 bridgehead atoms. The fourth-order valence-corrected chi connectivity index (χ4v) is 6.67. The number of fused-ring (bicyclic) bond motifs is 1. The monoisotopic (exact) mass is 572 g/mol. The van der Waals surface area contributed by atoms with Crippen LogP contribution in [0.4, 0.5) is 5.82 Å². The van der Waals surface area contributed by atoms with E-state index in [0.717, 1.165) is 27.9 Å². The number of aromatic nitrogens is 2. The van der Waals surface area contributed by atoms with Crippen molar-refractivity contribution in [3.63, 3.8) is 0 Å². The average molecular weight is 573 g/mol. The molecular weight excluding hydrogens is 544 g/mol. The number of thioether (sulfide) groups is 1. The maximum Gasteiger partial charge on any atom is 0.242 e. The molecule has 3 aromatic carbocycles. The first-order valence-electron chi connectivity index (χ1n) is 13.3. The van der Waals surface area contributed by atoms with Gasteiger partial charge in [0.05, 0.1) is 40.6 Å². The smallest absolute Gasteiger partial charge is 0.242 e. The van der Waals surface area contributed by atoms with Gasteiger partial charge < -0.3 is 9.64 Å². The molecule has 40 heavy (non-hydrogen) atoms. The Kier molecular flexibility index (Phi) is 7.65. The largest absolute Gasteiger partial charge is 0.378 e. The van der Waals surface area contributed by atoms with Gasteiger partial charge in [0.25, 0.3) is 0 Å². The van der Waals surface area contributed by atoms with E-state index < -0.39 is 0 Å². The number of para-hydroxylation sites is 1. The third kappa shape index (κ3) is 5.14. The predicted octanol–water partition coefficient (Wildman–Crippen LogP) is 5.53. The Hall–Kier alpha value is -3.59. The summed E-state index contributed by atoms with van der Waals surface area (Å²) in [5, 5.41) is 5.43. The number of aryl methyl sites for hydroxylation is 1. The number of hydrogen-bond donors (Lipinski definition) is 0. The molecule has 0 aliphatic carbocycles. The van der Waals surface area contributed by atoms with Gasteiger partial charge in [-0.15, -0.1) is 11.8 Å². The van der Waals surface area contributed by atoms with Crippen LogP contribution in [0.3, 0.4) is 0 Å². The molecule has 0 saturated carbocycles. The summed E-state index contributed by atoms with van der Waals surface area (Å²) in [6.45, 7) is 3.98. The number of carbonyl (C=O) groups is 2. The van der Waals surface area contributed by atoms with Crippen LogP contribution in [-0.2, 0) is 14.3 Å². The second-order valence-corrected chi connectivity index (χ2v) is 11.4. The van der Waals surface area contributed by atoms with Crippen molar-refractivity contribution in [2.24, 2.45) is 0 Å². The second kappa shape index (κ2) is 11.5. The summed E-state index contributed by atoms with van der Waals surface area (Å²) < 4.78 is 7.19. The first-order valence-corrected chi connectivity index (χ1v) is 14.7. The Bertz CT molecular complexity index is 1550. The number of nitrogens with zero attached hydrogens (tertiary/aromatic N) is 4. The molecule has 204 valence electrons. The number of amides is 2. The first-order chi connectivity index (χ1) is 19.5. The van der Waals surface area contributed by atoms with Gasteiger partial charge in [0, 0.05) is 24.2 Å². The van der Waals surface area contributed by atoms with Crippen LogP contribution >= 0.6 is 23.4 Å². The van der Waals surface area contributed by atoms with Crippen molar-refractivity contribution >= 4 is 41.0 Å². The zero-order chi connectivity index (χ0) is 27.6. The number of halogens is 1. The van der Waals surface area contributed by atoms with E-state index in [9.17, 15) is 9.59 Å². The van der Waals surface area contributed by atoms with Gasteiger partial charge in [-0.05, 0) is 24.6 Å². The van der Waals surface area contributed by atoms with E-state index in [1.54, 1.807) is 26.2 Å². The number of rotatable bonds is 5. The summed E-state index contributed by atoms with van der Waals surface area (Å²) in [5.74, 6) is 0.543. The van der Waals surface area contributed by atoms with Gasteiger partial charge >= 0.3 is 0 Å². The van der Waals surface area contributed by atoms with Crippen molar-refractivity contribution in [2.45, 2.75) is 12.2 Å². The third-order valence-electron chi connectivity index (χ3n) is 7.22. The fraction of sp³-hybridized carbons (Fsp3) is 0.258. The van der Waals surface area contributed by atoms with E-state index in [4.69, 9.17) is 21.4 Å². The molecule has 4 aromatic rings. The molecule has 0 radical (unpaired) electrons. The Morgan fingerprint density at radius 3 is 2.52 bits per heavy atom. The molecule has 2 aliphatic rings. The van der Waals surface area contributed by atoms with Crippen molar-refractivity contribution in [1.29, 1.82) is 0 Å². The summed E-state index contributed by atoms with van der Waals surface area (Å²) in [4.78, 5) is 30.8. The van der Waals surface area contributed by atoms with Crippen LogP contribution in [0.2, 0.25) is 5.02 Å². The number of anilines is 1. The minimum absolute atomic E-state index is 0.0860. The lowest BCUT2D eigenvalue weighted by Crippen LogP contribution is -2.48. The molecule has 3 heterocycles. The van der Waals surface area contributed by atoms with Gasteiger partial charge in [0.2, 0.25) is 11.8 Å². The molecule has 0 N–H and O–H groups in total. The Labute approximate surface area is 242 Å². The normalized spacial score (nSPS) is 17.4. The van der Waals surface area contributed by atoms with E-state index in [1.165, 1.54) is 0 Å². The van der Waals surface area contributed by atoms with Crippen molar-refractivity contribution < 1.29 is 14.3 Å². The third-order valence-corrected chi connectivity index (χ3v) is 8.79. The molecular formula is C31H29ClN4O3S. The van der Waals surface area contributed by atoms with Crippen LogP contribution in [0, 0.1) is 6.92 Å². The zero-order valence-electron chi connectivity index (χ0n) is 22.1. The number of carbonyl (C=O) groups excluding carboxylic acids is 2. The van der Waals surface area contributed by atoms with E-state index in [-0.39, 0.29) is 29.4 Å². The quantitative estimate of drug-likeness (QED) is 0.315. The molecule has 1 fully saturated rings. The molecule has 7 nitrogen and oxygen atoms in total. The van der Waals surface area contributed by atoms with E-state index in [2.05, 4.69) is 25.1 Å². The molecule has 0 spiro atoms. The summed E-state index contributed by atoms with van der Waals surface area (Å²) in [6, 6.07) is 25.8. The Morgan fingerprint density at radius 2 is 1.77 bits per heavy atom. The molecule has 6 rings (SSSR count). The van der Waals surface area contributed by atoms with Gasteiger partial charge in [-0.25, -0.2) is 4.68 Å². The lowest BCUT2D eigenvalue weighted by atomic mass is 9.98. The number of hydrogen-bond acceptors (Lipinski definition) is 5. The SMILES string of the molecule is Cc1cccc(C2SCC(=O)N(CC(=O)N3CCOCC3)c3c2c(-c2ccccc2)nn3-c2ccccc2Cl)c1. The lowest BCUT2D eigenvalue weighted by molar-refractivity contribution is -0.134. The van der Waals surface area contributed by atoms with Gasteiger partial charge in [0.15, 0.2) is 0 Å². The number of benzene rings is 3. The first kappa shape index (κ1) is 26.6. The molecule has 1 atom stereocenters. The number of ether oxygens (including phenoxy) is 1. The fourth-order valence-electron chi connectivity index (χ4n) is 5.26. The molecule has 1 aromatic heterocycles. The second-order valence-electron chi connectivity index (χ2n) is 9.89. The van der Waals surface area contributed by atoms with Gasteiger partial charge in [0.1, 0.15) is 12.4 Å². The Morgan fingerprint density at radius 1 is 1.02 bits per heavy atom. The van der Waals surface area contributed by atoms with Crippen LogP contribution < -0.4 is 4.90 Å². The van der Waals surface area contributed by atoms with Crippen LogP contribution in [-0.4, -0.2) is 65.1 Å². The Balaban J connectivity index is 1.60. The summed E-state index contributed by atoms with van der Waals surface area (Å²) in [7, 11) is 0. The van der Waals surface area contributed by atoms with Gasteiger partial charge in [-0.3, -0.25) is 14.5 Å². The van der Waals surface area contributed by atoms with E-state index in [0.29, 0.717) is 42.8 Å². The van der Waals surface area contributed by atoms with Crippen molar-refractivity contribution in [1.82, 2.24) is 14.7 Å². The van der Waals surface area contributed by atoms with Crippen molar-refractivity contribution in [3.05, 3.63) is 101 Å². The van der Waals surface area contributed by atoms with E-state index in [1.807, 2.05) is 60.7 Å². The molecule has 9 heteroatoms. The molecule has 2 amide bonds. The topological polar surface area (TPSA) is 67.7 Å². The predicted molar refractivity (Wildman–Crippen MR) is 159 cm³/mol. The van der Waals surface area contributed by atoms with E-state index >= 15 is 0 Å². The minimum Gasteiger partial charge on any atom is -0.378 e. The van der Waals surface area contributed by atoms with Crippen LogP contribution in [0.1, 0.15) is 21.9 Å². The van der Waals surface area contributed by atoms with Crippen LogP contribution in [0.15, 0.2) is 78.9 Å². The molecule has 1 unspecified atom stereocenters. The van der Waals surface area contributed by atoms with Gasteiger partial charge in [-0.1, -0.05) is 83.9 Å². The highest BCUT2D eigenvalue weighted by atomic mass is 35.5. The summed E-state index contributed by atoms with van der Waals surface area (Å²) in [6.07, 6.45) is 0. The maximum absolute atomic E-state index is 13.9. The average Bonchev–Trinajstić information content (AvgIpc) is 3.30. The van der Waals surface area contributed by atoms with Gasteiger partial charge in [-0.2, -0.15) is 5.10 Å². The number of morpholine rings is 1. The standard InChI is InChI=1S/C31H29ClN4O3S/c1-21-8-7-11-23(18-21)30-28-29(22-9-3-2-4-10-22)33-36(25-13-6-5-12-24(25)32)31(28)35(27(38)20-40-30)19-26(37)34-14-16-39-17-15-34/h2-13,18,30H,14-17,19-20H2,1H3.